The number of anilines is 1. The number of carbonyl (C=O) groups is 1. The molecule has 4 rings (SSSR count). The van der Waals surface area contributed by atoms with Crippen LogP contribution in [0.4, 0.5) is 5.82 Å². The Bertz CT molecular complexity index is 757. The minimum absolute atomic E-state index is 0.202. The van der Waals surface area contributed by atoms with E-state index in [1.54, 1.807) is 12.5 Å². The molecule has 8 nitrogen and oxygen atoms in total. The number of piperidine rings is 1. The molecule has 0 bridgehead atoms. The first-order valence-corrected chi connectivity index (χ1v) is 8.94. The van der Waals surface area contributed by atoms with Gasteiger partial charge in [0.1, 0.15) is 12.1 Å². The van der Waals surface area contributed by atoms with Crippen molar-refractivity contribution in [1.82, 2.24) is 29.4 Å². The number of carbonyl (C=O) groups excluding carboxylic acids is 1. The Morgan fingerprint density at radius 3 is 2.56 bits per heavy atom. The van der Waals surface area contributed by atoms with Gasteiger partial charge in [0.15, 0.2) is 0 Å². The van der Waals surface area contributed by atoms with Crippen LogP contribution in [0.25, 0.3) is 5.78 Å². The van der Waals surface area contributed by atoms with Crippen LogP contribution in [0.15, 0.2) is 18.6 Å². The number of piperazine rings is 1. The van der Waals surface area contributed by atoms with Crippen molar-refractivity contribution in [3.05, 3.63) is 18.6 Å². The molecule has 0 saturated carbocycles. The number of hydrogen-bond donors (Lipinski definition) is 0. The molecule has 25 heavy (non-hydrogen) atoms. The van der Waals surface area contributed by atoms with Gasteiger partial charge >= 0.3 is 0 Å². The molecule has 1 amide bonds. The molecule has 0 aromatic carbocycles. The Balaban J connectivity index is 1.43. The molecule has 2 aromatic rings. The molecule has 8 heteroatoms. The number of amides is 1. The Hall–Kier alpha value is -2.22. The van der Waals surface area contributed by atoms with Gasteiger partial charge in [0.05, 0.1) is 0 Å². The predicted molar refractivity (Wildman–Crippen MR) is 94.4 cm³/mol. The Kier molecular flexibility index (Phi) is 4.07. The lowest BCUT2D eigenvalue weighted by Gasteiger charge is -2.43. The Morgan fingerprint density at radius 1 is 1.12 bits per heavy atom. The molecule has 2 aliphatic rings. The molecule has 0 spiro atoms. The Morgan fingerprint density at radius 2 is 1.84 bits per heavy atom. The van der Waals surface area contributed by atoms with Gasteiger partial charge in [0.2, 0.25) is 5.91 Å². The van der Waals surface area contributed by atoms with Crippen molar-refractivity contribution in [2.24, 2.45) is 5.41 Å². The standard InChI is InChI=1S/C17H25N7O/c1-17(4-7-21(2)8-5-17)15(25)23-11-9-22(10-12-23)14-3-6-18-16-20-19-13-24(14)16/h3,6,13H,4-5,7-12H2,1-2H3. The number of likely N-dealkylation sites (tertiary alicyclic amines) is 1. The normalized spacial score (nSPS) is 21.7. The second kappa shape index (κ2) is 6.25. The van der Waals surface area contributed by atoms with E-state index in [9.17, 15) is 4.79 Å². The molecular formula is C17H25N7O. The summed E-state index contributed by atoms with van der Waals surface area (Å²) in [5.41, 5.74) is -0.202. The summed E-state index contributed by atoms with van der Waals surface area (Å²) in [4.78, 5) is 23.9. The van der Waals surface area contributed by atoms with Gasteiger partial charge in [-0.1, -0.05) is 6.92 Å². The summed E-state index contributed by atoms with van der Waals surface area (Å²) in [5, 5.41) is 7.93. The van der Waals surface area contributed by atoms with E-state index in [-0.39, 0.29) is 5.41 Å². The summed E-state index contributed by atoms with van der Waals surface area (Å²) >= 11 is 0. The van der Waals surface area contributed by atoms with Crippen molar-refractivity contribution < 1.29 is 4.79 Å². The molecule has 0 radical (unpaired) electrons. The third-order valence-corrected chi connectivity index (χ3v) is 5.69. The third-order valence-electron chi connectivity index (χ3n) is 5.69. The number of rotatable bonds is 2. The molecule has 2 fully saturated rings. The largest absolute Gasteiger partial charge is 0.354 e. The van der Waals surface area contributed by atoms with E-state index in [0.717, 1.165) is 57.9 Å². The summed E-state index contributed by atoms with van der Waals surface area (Å²) in [6.45, 7) is 7.30. The number of hydrogen-bond acceptors (Lipinski definition) is 6. The van der Waals surface area contributed by atoms with Gasteiger partial charge in [-0.3, -0.25) is 9.20 Å². The lowest BCUT2D eigenvalue weighted by molar-refractivity contribution is -0.144. The Labute approximate surface area is 147 Å². The maximum Gasteiger partial charge on any atom is 0.256 e. The van der Waals surface area contributed by atoms with Crippen LogP contribution < -0.4 is 4.90 Å². The SMILES string of the molecule is CN1CCC(C)(C(=O)N2CCN(c3ccnc4nncn34)CC2)CC1. The minimum atomic E-state index is -0.202. The van der Waals surface area contributed by atoms with E-state index in [1.165, 1.54) is 0 Å². The lowest BCUT2D eigenvalue weighted by Crippen LogP contribution is -2.54. The molecule has 2 aromatic heterocycles. The van der Waals surface area contributed by atoms with Crippen molar-refractivity contribution >= 4 is 17.5 Å². The molecule has 0 aliphatic carbocycles. The molecule has 0 atom stereocenters. The smallest absolute Gasteiger partial charge is 0.256 e. The lowest BCUT2D eigenvalue weighted by atomic mass is 9.79. The highest BCUT2D eigenvalue weighted by Gasteiger charge is 2.39. The summed E-state index contributed by atoms with van der Waals surface area (Å²) in [6, 6.07) is 1.98. The molecule has 4 heterocycles. The van der Waals surface area contributed by atoms with Crippen molar-refractivity contribution in [2.45, 2.75) is 19.8 Å². The summed E-state index contributed by atoms with van der Waals surface area (Å²) < 4.78 is 1.90. The summed E-state index contributed by atoms with van der Waals surface area (Å²) in [6.07, 6.45) is 5.35. The monoisotopic (exact) mass is 343 g/mol. The van der Waals surface area contributed by atoms with E-state index in [1.807, 2.05) is 15.4 Å². The zero-order chi connectivity index (χ0) is 17.4. The van der Waals surface area contributed by atoms with Crippen LogP contribution >= 0.6 is 0 Å². The van der Waals surface area contributed by atoms with Crippen LogP contribution in [0.5, 0.6) is 0 Å². The van der Waals surface area contributed by atoms with E-state index >= 15 is 0 Å². The van der Waals surface area contributed by atoms with E-state index < -0.39 is 0 Å². The van der Waals surface area contributed by atoms with Crippen LogP contribution in [-0.2, 0) is 4.79 Å². The van der Waals surface area contributed by atoms with E-state index in [2.05, 4.69) is 39.0 Å². The van der Waals surface area contributed by atoms with Gasteiger partial charge in [-0.2, -0.15) is 0 Å². The fraction of sp³-hybridized carbons (Fsp3) is 0.647. The number of nitrogens with zero attached hydrogens (tertiary/aromatic N) is 7. The van der Waals surface area contributed by atoms with Crippen molar-refractivity contribution in [3.8, 4) is 0 Å². The van der Waals surface area contributed by atoms with Crippen LogP contribution in [0.3, 0.4) is 0 Å². The first kappa shape index (κ1) is 16.3. The third kappa shape index (κ3) is 2.95. The highest BCUT2D eigenvalue weighted by Crippen LogP contribution is 2.33. The quantitative estimate of drug-likeness (QED) is 0.791. The zero-order valence-corrected chi connectivity index (χ0v) is 14.9. The second-order valence-corrected chi connectivity index (χ2v) is 7.45. The zero-order valence-electron chi connectivity index (χ0n) is 14.9. The van der Waals surface area contributed by atoms with Crippen LogP contribution in [-0.4, -0.2) is 81.6 Å². The molecule has 2 saturated heterocycles. The number of fused-ring (bicyclic) bond motifs is 1. The topological polar surface area (TPSA) is 69.9 Å². The van der Waals surface area contributed by atoms with Gasteiger partial charge in [-0.25, -0.2) is 4.98 Å². The van der Waals surface area contributed by atoms with Crippen LogP contribution in [0, 0.1) is 5.41 Å². The highest BCUT2D eigenvalue weighted by molar-refractivity contribution is 5.82. The molecule has 2 aliphatic heterocycles. The van der Waals surface area contributed by atoms with E-state index in [0.29, 0.717) is 11.7 Å². The molecule has 0 unspecified atom stereocenters. The maximum atomic E-state index is 13.0. The minimum Gasteiger partial charge on any atom is -0.354 e. The fourth-order valence-electron chi connectivity index (χ4n) is 3.83. The fourth-order valence-corrected chi connectivity index (χ4v) is 3.83. The van der Waals surface area contributed by atoms with Crippen molar-refractivity contribution in [2.75, 3.05) is 51.2 Å². The van der Waals surface area contributed by atoms with Crippen LogP contribution in [0.2, 0.25) is 0 Å². The summed E-state index contributed by atoms with van der Waals surface area (Å²) in [7, 11) is 2.13. The van der Waals surface area contributed by atoms with Crippen molar-refractivity contribution in [3.63, 3.8) is 0 Å². The van der Waals surface area contributed by atoms with Gasteiger partial charge < -0.3 is 14.7 Å². The second-order valence-electron chi connectivity index (χ2n) is 7.45. The first-order valence-electron chi connectivity index (χ1n) is 8.94. The molecular weight excluding hydrogens is 318 g/mol. The average molecular weight is 343 g/mol. The van der Waals surface area contributed by atoms with Gasteiger partial charge in [0.25, 0.3) is 5.78 Å². The predicted octanol–water partition coefficient (Wildman–Crippen LogP) is 0.505. The molecule has 0 N–H and O–H groups in total. The summed E-state index contributed by atoms with van der Waals surface area (Å²) in [5.74, 6) is 1.96. The maximum absolute atomic E-state index is 13.0. The van der Waals surface area contributed by atoms with Gasteiger partial charge in [-0.15, -0.1) is 10.2 Å². The van der Waals surface area contributed by atoms with Crippen molar-refractivity contribution in [1.29, 1.82) is 0 Å². The number of aromatic nitrogens is 4. The van der Waals surface area contributed by atoms with Gasteiger partial charge in [-0.05, 0) is 39.0 Å². The first-order chi connectivity index (χ1) is 12.1. The van der Waals surface area contributed by atoms with E-state index in [4.69, 9.17) is 0 Å². The molecule has 134 valence electrons. The van der Waals surface area contributed by atoms with Gasteiger partial charge in [0, 0.05) is 37.8 Å². The highest BCUT2D eigenvalue weighted by atomic mass is 16.2. The van der Waals surface area contributed by atoms with Crippen LogP contribution in [0.1, 0.15) is 19.8 Å². The average Bonchev–Trinajstić information content (AvgIpc) is 3.13.